The van der Waals surface area contributed by atoms with Crippen LogP contribution in [0.5, 0.6) is 5.75 Å². The molecule has 3 aromatic rings. The van der Waals surface area contributed by atoms with Gasteiger partial charge in [0.05, 0.1) is 6.61 Å². The van der Waals surface area contributed by atoms with E-state index in [0.717, 1.165) is 22.3 Å². The highest BCUT2D eigenvalue weighted by Crippen LogP contribution is 2.35. The maximum Gasteiger partial charge on any atom is 0.389 e. The van der Waals surface area contributed by atoms with Gasteiger partial charge in [-0.1, -0.05) is 66.7 Å². The van der Waals surface area contributed by atoms with Gasteiger partial charge in [-0.05, 0) is 40.8 Å². The van der Waals surface area contributed by atoms with Crippen molar-refractivity contribution in [3.63, 3.8) is 0 Å². The summed E-state index contributed by atoms with van der Waals surface area (Å²) in [5.74, 6) is 0.575. The lowest BCUT2D eigenvalue weighted by atomic mass is 9.94. The highest BCUT2D eigenvalue weighted by molar-refractivity contribution is 5.84. The van der Waals surface area contributed by atoms with Crippen molar-refractivity contribution in [3.05, 3.63) is 78.9 Å². The zero-order chi connectivity index (χ0) is 18.4. The van der Waals surface area contributed by atoms with Crippen molar-refractivity contribution in [1.82, 2.24) is 0 Å². The van der Waals surface area contributed by atoms with Gasteiger partial charge in [-0.2, -0.15) is 13.2 Å². The van der Waals surface area contributed by atoms with E-state index in [1.807, 2.05) is 78.9 Å². The van der Waals surface area contributed by atoms with Crippen LogP contribution in [0.15, 0.2) is 78.9 Å². The van der Waals surface area contributed by atoms with Crippen molar-refractivity contribution in [2.45, 2.75) is 19.0 Å². The number of alkyl halides is 3. The molecule has 3 rings (SSSR count). The summed E-state index contributed by atoms with van der Waals surface area (Å²) in [7, 11) is 0. The topological polar surface area (TPSA) is 9.23 Å². The summed E-state index contributed by atoms with van der Waals surface area (Å²) in [6.45, 7) is 0.0401. The standard InChI is InChI=1S/C22H19F3O/c23-22(24,25)14-7-15-26-19-12-13-20(17-8-3-1-4-9-17)21(16-19)18-10-5-2-6-11-18/h1-6,8-13,16H,7,14-15H2. The molecule has 0 fully saturated rings. The normalized spacial score (nSPS) is 11.3. The molecule has 0 bridgehead atoms. The van der Waals surface area contributed by atoms with Gasteiger partial charge in [0, 0.05) is 6.42 Å². The molecule has 4 heteroatoms. The smallest absolute Gasteiger partial charge is 0.389 e. The van der Waals surface area contributed by atoms with Gasteiger partial charge in [0.1, 0.15) is 5.75 Å². The molecule has 0 saturated heterocycles. The fourth-order valence-corrected chi connectivity index (χ4v) is 2.80. The Kier molecular flexibility index (Phi) is 5.61. The van der Waals surface area contributed by atoms with Crippen LogP contribution in [-0.2, 0) is 0 Å². The molecule has 0 saturated carbocycles. The predicted molar refractivity (Wildman–Crippen MR) is 98.1 cm³/mol. The highest BCUT2D eigenvalue weighted by Gasteiger charge is 2.26. The minimum Gasteiger partial charge on any atom is -0.494 e. The van der Waals surface area contributed by atoms with Gasteiger partial charge in [-0.25, -0.2) is 0 Å². The molecule has 0 aromatic heterocycles. The Morgan fingerprint density at radius 2 is 1.27 bits per heavy atom. The summed E-state index contributed by atoms with van der Waals surface area (Å²) in [6.07, 6.45) is -5.03. The van der Waals surface area contributed by atoms with E-state index < -0.39 is 12.6 Å². The second-order valence-corrected chi connectivity index (χ2v) is 6.01. The van der Waals surface area contributed by atoms with E-state index >= 15 is 0 Å². The minimum atomic E-state index is -4.14. The van der Waals surface area contributed by atoms with Crippen LogP contribution in [0.4, 0.5) is 13.2 Å². The Hall–Kier alpha value is -2.75. The van der Waals surface area contributed by atoms with Crippen LogP contribution >= 0.6 is 0 Å². The lowest BCUT2D eigenvalue weighted by Crippen LogP contribution is -2.09. The summed E-state index contributed by atoms with van der Waals surface area (Å²) in [6, 6.07) is 25.5. The second-order valence-electron chi connectivity index (χ2n) is 6.01. The zero-order valence-electron chi connectivity index (χ0n) is 14.2. The van der Waals surface area contributed by atoms with Crippen LogP contribution in [0.3, 0.4) is 0 Å². The summed E-state index contributed by atoms with van der Waals surface area (Å²) in [5.41, 5.74) is 4.16. The molecule has 0 amide bonds. The van der Waals surface area contributed by atoms with Crippen molar-refractivity contribution >= 4 is 0 Å². The number of rotatable bonds is 6. The van der Waals surface area contributed by atoms with Crippen LogP contribution in [0.25, 0.3) is 22.3 Å². The number of ether oxygens (including phenoxy) is 1. The Bertz CT molecular complexity index is 827. The molecule has 0 radical (unpaired) electrons. The lowest BCUT2D eigenvalue weighted by molar-refractivity contribution is -0.136. The van der Waals surface area contributed by atoms with Gasteiger partial charge >= 0.3 is 6.18 Å². The van der Waals surface area contributed by atoms with Crippen LogP contribution in [0.2, 0.25) is 0 Å². The van der Waals surface area contributed by atoms with E-state index in [0.29, 0.717) is 5.75 Å². The van der Waals surface area contributed by atoms with Gasteiger partial charge in [-0.3, -0.25) is 0 Å². The molecule has 0 aliphatic rings. The van der Waals surface area contributed by atoms with Crippen molar-refractivity contribution in [1.29, 1.82) is 0 Å². The fourth-order valence-electron chi connectivity index (χ4n) is 2.80. The first-order chi connectivity index (χ1) is 12.5. The Morgan fingerprint density at radius 3 is 1.85 bits per heavy atom. The fraction of sp³-hybridized carbons (Fsp3) is 0.182. The van der Waals surface area contributed by atoms with Gasteiger partial charge in [0.25, 0.3) is 0 Å². The quantitative estimate of drug-likeness (QED) is 0.444. The van der Waals surface area contributed by atoms with Crippen LogP contribution in [0, 0.1) is 0 Å². The van der Waals surface area contributed by atoms with Crippen molar-refractivity contribution in [2.75, 3.05) is 6.61 Å². The molecule has 26 heavy (non-hydrogen) atoms. The first-order valence-electron chi connectivity index (χ1n) is 8.47. The average molecular weight is 356 g/mol. The van der Waals surface area contributed by atoms with E-state index in [4.69, 9.17) is 4.74 Å². The van der Waals surface area contributed by atoms with E-state index in [9.17, 15) is 13.2 Å². The third kappa shape index (κ3) is 4.88. The van der Waals surface area contributed by atoms with Crippen LogP contribution in [0.1, 0.15) is 12.8 Å². The van der Waals surface area contributed by atoms with E-state index in [1.54, 1.807) is 0 Å². The third-order valence-corrected chi connectivity index (χ3v) is 4.03. The third-order valence-electron chi connectivity index (χ3n) is 4.03. The van der Waals surface area contributed by atoms with E-state index in [-0.39, 0.29) is 13.0 Å². The Morgan fingerprint density at radius 1 is 0.692 bits per heavy atom. The number of hydrogen-bond acceptors (Lipinski definition) is 1. The molecular formula is C22H19F3O. The second kappa shape index (κ2) is 8.09. The molecule has 0 aliphatic carbocycles. The molecule has 0 N–H and O–H groups in total. The minimum absolute atomic E-state index is 0.0401. The van der Waals surface area contributed by atoms with Crippen molar-refractivity contribution in [3.8, 4) is 28.0 Å². The molecule has 0 unspecified atom stereocenters. The highest BCUT2D eigenvalue weighted by atomic mass is 19.4. The van der Waals surface area contributed by atoms with Gasteiger partial charge in [0.2, 0.25) is 0 Å². The van der Waals surface area contributed by atoms with Crippen LogP contribution in [-0.4, -0.2) is 12.8 Å². The first kappa shape index (κ1) is 18.1. The molecule has 0 atom stereocenters. The molecule has 134 valence electrons. The van der Waals surface area contributed by atoms with Gasteiger partial charge in [-0.15, -0.1) is 0 Å². The van der Waals surface area contributed by atoms with Gasteiger partial charge in [0.15, 0.2) is 0 Å². The van der Waals surface area contributed by atoms with Crippen molar-refractivity contribution < 1.29 is 17.9 Å². The zero-order valence-corrected chi connectivity index (χ0v) is 14.2. The van der Waals surface area contributed by atoms with E-state index in [2.05, 4.69) is 0 Å². The average Bonchev–Trinajstić information content (AvgIpc) is 2.66. The SMILES string of the molecule is FC(F)(F)CCCOc1ccc(-c2ccccc2)c(-c2ccccc2)c1. The predicted octanol–water partition coefficient (Wildman–Crippen LogP) is 6.74. The first-order valence-corrected chi connectivity index (χ1v) is 8.47. The largest absolute Gasteiger partial charge is 0.494 e. The van der Waals surface area contributed by atoms with E-state index in [1.165, 1.54) is 0 Å². The Labute approximate surface area is 151 Å². The molecule has 0 heterocycles. The maximum atomic E-state index is 12.3. The molecule has 0 aliphatic heterocycles. The van der Waals surface area contributed by atoms with Crippen LogP contribution < -0.4 is 4.74 Å². The number of benzene rings is 3. The van der Waals surface area contributed by atoms with Gasteiger partial charge < -0.3 is 4.74 Å². The molecule has 0 spiro atoms. The summed E-state index contributed by atoms with van der Waals surface area (Å²) < 4.78 is 42.3. The van der Waals surface area contributed by atoms with Crippen molar-refractivity contribution in [2.24, 2.45) is 0 Å². The number of hydrogen-bond donors (Lipinski definition) is 0. The lowest BCUT2D eigenvalue weighted by Gasteiger charge is -2.14. The maximum absolute atomic E-state index is 12.3. The Balaban J connectivity index is 1.86. The molecule has 1 nitrogen and oxygen atoms in total. The monoisotopic (exact) mass is 356 g/mol. The number of halogens is 3. The summed E-state index contributed by atoms with van der Waals surface area (Å²) in [4.78, 5) is 0. The molecule has 3 aromatic carbocycles. The summed E-state index contributed by atoms with van der Waals surface area (Å²) in [5, 5.41) is 0. The molecular weight excluding hydrogens is 337 g/mol. The summed E-state index contributed by atoms with van der Waals surface area (Å²) >= 11 is 0.